The highest BCUT2D eigenvalue weighted by Gasteiger charge is 2.15. The average Bonchev–Trinajstić information content (AvgIpc) is 2.51. The van der Waals surface area contributed by atoms with Crippen molar-refractivity contribution in [2.45, 2.75) is 13.0 Å². The molecule has 3 heteroatoms. The van der Waals surface area contributed by atoms with E-state index in [1.54, 1.807) is 0 Å². The van der Waals surface area contributed by atoms with Crippen molar-refractivity contribution >= 4 is 0 Å². The Hall–Kier alpha value is -1.09. The normalized spacial score (nSPS) is 17.3. The van der Waals surface area contributed by atoms with E-state index in [-0.39, 0.29) is 0 Å². The Morgan fingerprint density at radius 1 is 1.75 bits per heavy atom. The monoisotopic (exact) mass is 163 g/mol. The van der Waals surface area contributed by atoms with E-state index < -0.39 is 0 Å². The molecule has 0 saturated carbocycles. The summed E-state index contributed by atoms with van der Waals surface area (Å²) in [5.74, 6) is 0. The van der Waals surface area contributed by atoms with E-state index in [9.17, 15) is 0 Å². The number of rotatable bonds is 2. The summed E-state index contributed by atoms with van der Waals surface area (Å²) in [6.45, 7) is 6.83. The molecule has 0 aromatic carbocycles. The van der Waals surface area contributed by atoms with Crippen LogP contribution in [0.4, 0.5) is 0 Å². The molecule has 1 aliphatic heterocycles. The van der Waals surface area contributed by atoms with Gasteiger partial charge < -0.3 is 0 Å². The Morgan fingerprint density at radius 2 is 2.67 bits per heavy atom. The molecule has 0 radical (unpaired) electrons. The fourth-order valence-electron chi connectivity index (χ4n) is 1.62. The first-order valence-electron chi connectivity index (χ1n) is 4.24. The number of aromatic amines is 1. The Kier molecular flexibility index (Phi) is 1.96. The van der Waals surface area contributed by atoms with Gasteiger partial charge in [0.25, 0.3) is 0 Å². The number of nitrogens with one attached hydrogen (secondary N) is 1. The lowest BCUT2D eigenvalue weighted by molar-refractivity contribution is 0.281. The molecule has 0 amide bonds. The molecule has 2 heterocycles. The first-order valence-corrected chi connectivity index (χ1v) is 4.24. The van der Waals surface area contributed by atoms with Gasteiger partial charge in [0.15, 0.2) is 0 Å². The molecule has 0 aliphatic carbocycles. The maximum atomic E-state index is 4.02. The first-order chi connectivity index (χ1) is 5.90. The average molecular weight is 163 g/mol. The molecular formula is C9H13N3. The first kappa shape index (κ1) is 7.55. The summed E-state index contributed by atoms with van der Waals surface area (Å²) in [5.41, 5.74) is 2.64. The number of nitrogens with zero attached hydrogens (tertiary/aromatic N) is 2. The molecular weight excluding hydrogens is 150 g/mol. The van der Waals surface area contributed by atoms with E-state index >= 15 is 0 Å². The number of aromatic nitrogens is 2. The fourth-order valence-corrected chi connectivity index (χ4v) is 1.62. The van der Waals surface area contributed by atoms with Crippen LogP contribution in [0.5, 0.6) is 0 Å². The smallest absolute Gasteiger partial charge is 0.0535 e. The minimum absolute atomic E-state index is 0.977. The van der Waals surface area contributed by atoms with Gasteiger partial charge in [0.1, 0.15) is 0 Å². The van der Waals surface area contributed by atoms with E-state index in [0.29, 0.717) is 0 Å². The highest BCUT2D eigenvalue weighted by atomic mass is 15.2. The lowest BCUT2D eigenvalue weighted by atomic mass is 10.1. The van der Waals surface area contributed by atoms with E-state index in [0.717, 1.165) is 26.1 Å². The summed E-state index contributed by atoms with van der Waals surface area (Å²) >= 11 is 0. The molecule has 3 nitrogen and oxygen atoms in total. The Bertz CT molecular complexity index is 277. The van der Waals surface area contributed by atoms with Crippen molar-refractivity contribution < 1.29 is 0 Å². The second-order valence-corrected chi connectivity index (χ2v) is 3.15. The number of hydrogen-bond acceptors (Lipinski definition) is 2. The van der Waals surface area contributed by atoms with Gasteiger partial charge in [-0.1, -0.05) is 6.08 Å². The van der Waals surface area contributed by atoms with Gasteiger partial charge in [-0.05, 0) is 0 Å². The van der Waals surface area contributed by atoms with E-state index in [1.807, 2.05) is 12.3 Å². The quantitative estimate of drug-likeness (QED) is 0.658. The van der Waals surface area contributed by atoms with Gasteiger partial charge in [-0.25, -0.2) is 0 Å². The van der Waals surface area contributed by atoms with Crippen LogP contribution >= 0.6 is 0 Å². The second-order valence-electron chi connectivity index (χ2n) is 3.15. The second kappa shape index (κ2) is 3.11. The third-order valence-corrected chi connectivity index (χ3v) is 2.27. The van der Waals surface area contributed by atoms with Crippen molar-refractivity contribution in [3.05, 3.63) is 30.1 Å². The van der Waals surface area contributed by atoms with Gasteiger partial charge >= 0.3 is 0 Å². The summed E-state index contributed by atoms with van der Waals surface area (Å²) in [5, 5.41) is 7.04. The molecule has 0 bridgehead atoms. The fraction of sp³-hybridized carbons (Fsp3) is 0.444. The molecule has 2 rings (SSSR count). The molecule has 1 aromatic rings. The largest absolute Gasteiger partial charge is 0.295 e. The van der Waals surface area contributed by atoms with Crippen LogP contribution in [-0.2, 0) is 13.0 Å². The van der Waals surface area contributed by atoms with Crippen LogP contribution in [0.3, 0.4) is 0 Å². The zero-order chi connectivity index (χ0) is 8.39. The van der Waals surface area contributed by atoms with Crippen molar-refractivity contribution in [3.63, 3.8) is 0 Å². The maximum Gasteiger partial charge on any atom is 0.0535 e. The van der Waals surface area contributed by atoms with Crippen LogP contribution < -0.4 is 0 Å². The molecule has 1 aliphatic rings. The van der Waals surface area contributed by atoms with Crippen LogP contribution in [0.15, 0.2) is 18.9 Å². The van der Waals surface area contributed by atoms with Crippen molar-refractivity contribution in [2.75, 3.05) is 13.1 Å². The summed E-state index contributed by atoms with van der Waals surface area (Å²) in [6.07, 6.45) is 4.96. The Balaban J connectivity index is 2.09. The van der Waals surface area contributed by atoms with Crippen LogP contribution in [0.2, 0.25) is 0 Å². The molecule has 0 saturated heterocycles. The minimum atomic E-state index is 0.977. The minimum Gasteiger partial charge on any atom is -0.295 e. The van der Waals surface area contributed by atoms with Gasteiger partial charge in [-0.3, -0.25) is 10.00 Å². The zero-order valence-corrected chi connectivity index (χ0v) is 7.08. The molecule has 0 atom stereocenters. The van der Waals surface area contributed by atoms with Crippen molar-refractivity contribution in [2.24, 2.45) is 0 Å². The number of hydrogen-bond donors (Lipinski definition) is 1. The lowest BCUT2D eigenvalue weighted by Gasteiger charge is -2.24. The van der Waals surface area contributed by atoms with Crippen LogP contribution in [0.25, 0.3) is 0 Å². The summed E-state index contributed by atoms with van der Waals surface area (Å²) in [7, 11) is 0. The summed E-state index contributed by atoms with van der Waals surface area (Å²) in [4.78, 5) is 2.37. The van der Waals surface area contributed by atoms with Crippen LogP contribution in [0.1, 0.15) is 11.3 Å². The SMILES string of the molecule is C=CCN1CCc2[nH]ncc2C1. The Labute approximate surface area is 72.1 Å². The van der Waals surface area contributed by atoms with Crippen molar-refractivity contribution in [1.29, 1.82) is 0 Å². The summed E-state index contributed by atoms with van der Waals surface area (Å²) in [6, 6.07) is 0. The Morgan fingerprint density at radius 3 is 3.50 bits per heavy atom. The van der Waals surface area contributed by atoms with Crippen molar-refractivity contribution in [3.8, 4) is 0 Å². The van der Waals surface area contributed by atoms with Gasteiger partial charge in [0, 0.05) is 37.3 Å². The third-order valence-electron chi connectivity index (χ3n) is 2.27. The van der Waals surface area contributed by atoms with E-state index in [4.69, 9.17) is 0 Å². The van der Waals surface area contributed by atoms with Crippen LogP contribution in [-0.4, -0.2) is 28.2 Å². The number of fused-ring (bicyclic) bond motifs is 1. The zero-order valence-electron chi connectivity index (χ0n) is 7.08. The van der Waals surface area contributed by atoms with Gasteiger partial charge in [0.2, 0.25) is 0 Å². The third kappa shape index (κ3) is 1.28. The topological polar surface area (TPSA) is 31.9 Å². The molecule has 1 N–H and O–H groups in total. The summed E-state index contributed by atoms with van der Waals surface area (Å²) < 4.78 is 0. The predicted molar refractivity (Wildman–Crippen MR) is 47.8 cm³/mol. The molecule has 0 spiro atoms. The molecule has 1 aromatic heterocycles. The van der Waals surface area contributed by atoms with Gasteiger partial charge in [0.05, 0.1) is 6.20 Å². The molecule has 0 fully saturated rings. The highest BCUT2D eigenvalue weighted by Crippen LogP contribution is 2.15. The van der Waals surface area contributed by atoms with Gasteiger partial charge in [-0.2, -0.15) is 5.10 Å². The van der Waals surface area contributed by atoms with Gasteiger partial charge in [-0.15, -0.1) is 6.58 Å². The molecule has 0 unspecified atom stereocenters. The molecule has 12 heavy (non-hydrogen) atoms. The van der Waals surface area contributed by atoms with Crippen molar-refractivity contribution in [1.82, 2.24) is 15.1 Å². The van der Waals surface area contributed by atoms with Crippen LogP contribution in [0, 0.1) is 0 Å². The van der Waals surface area contributed by atoms with E-state index in [1.165, 1.54) is 11.3 Å². The maximum absolute atomic E-state index is 4.02. The molecule has 64 valence electrons. The van der Waals surface area contributed by atoms with E-state index in [2.05, 4.69) is 21.7 Å². The predicted octanol–water partition coefficient (Wildman–Crippen LogP) is 0.954. The standard InChI is InChI=1S/C9H13N3/c1-2-4-12-5-3-9-8(7-12)6-10-11-9/h2,6H,1,3-5,7H2,(H,10,11). The highest BCUT2D eigenvalue weighted by molar-refractivity contribution is 5.19. The number of H-pyrrole nitrogens is 1. The lowest BCUT2D eigenvalue weighted by Crippen LogP contribution is -2.30.